The van der Waals surface area contributed by atoms with Crippen molar-refractivity contribution in [3.8, 4) is 0 Å². The lowest BCUT2D eigenvalue weighted by Gasteiger charge is -2.20. The highest BCUT2D eigenvalue weighted by Crippen LogP contribution is 2.37. The first-order valence-corrected chi connectivity index (χ1v) is 5.65. The summed E-state index contributed by atoms with van der Waals surface area (Å²) in [6.45, 7) is 0. The molecule has 58 valence electrons. The molecule has 0 aromatic carbocycles. The van der Waals surface area contributed by atoms with E-state index in [9.17, 15) is 4.79 Å². The van der Waals surface area contributed by atoms with E-state index in [1.165, 1.54) is 0 Å². The van der Waals surface area contributed by atoms with Crippen LogP contribution in [0.1, 0.15) is 19.3 Å². The Morgan fingerprint density at radius 1 is 1.40 bits per heavy atom. The number of hydrogen-bond acceptors (Lipinski definition) is 1. The third kappa shape index (κ3) is 1.30. The highest BCUT2D eigenvalue weighted by atomic mass is 79.9. The quantitative estimate of drug-likeness (QED) is 0.704. The van der Waals surface area contributed by atoms with E-state index in [0.717, 1.165) is 29.9 Å². The predicted molar refractivity (Wildman–Crippen MR) is 48.9 cm³/mol. The van der Waals surface area contributed by atoms with Crippen LogP contribution in [-0.2, 0) is 4.79 Å². The highest BCUT2D eigenvalue weighted by Gasteiger charge is 2.39. The van der Waals surface area contributed by atoms with Crippen molar-refractivity contribution < 1.29 is 4.79 Å². The van der Waals surface area contributed by atoms with Crippen molar-refractivity contribution in [2.45, 2.75) is 19.3 Å². The first kappa shape index (κ1) is 8.72. The summed E-state index contributed by atoms with van der Waals surface area (Å²) in [5.74, 6) is 0.418. The summed E-state index contributed by atoms with van der Waals surface area (Å²) in [6.07, 6.45) is 2.88. The van der Waals surface area contributed by atoms with Crippen LogP contribution < -0.4 is 0 Å². The molecule has 0 atom stereocenters. The predicted octanol–water partition coefficient (Wildman–Crippen LogP) is 2.52. The molecule has 10 heavy (non-hydrogen) atoms. The maximum absolute atomic E-state index is 11.3. The van der Waals surface area contributed by atoms with E-state index >= 15 is 0 Å². The van der Waals surface area contributed by atoms with Crippen molar-refractivity contribution >= 4 is 37.6 Å². The van der Waals surface area contributed by atoms with Gasteiger partial charge in [0, 0.05) is 22.5 Å². The van der Waals surface area contributed by atoms with E-state index in [2.05, 4.69) is 31.9 Å². The van der Waals surface area contributed by atoms with Gasteiger partial charge in [-0.25, -0.2) is 0 Å². The third-order valence-electron chi connectivity index (χ3n) is 2.16. The summed E-state index contributed by atoms with van der Waals surface area (Å²) >= 11 is 6.77. The van der Waals surface area contributed by atoms with Gasteiger partial charge in [0.05, 0.1) is 0 Å². The lowest BCUT2D eigenvalue weighted by atomic mass is 9.91. The lowest BCUT2D eigenvalue weighted by molar-refractivity contribution is -0.123. The molecule has 0 aromatic rings. The Hall–Kier alpha value is 0.630. The minimum atomic E-state index is -0.0694. The van der Waals surface area contributed by atoms with E-state index < -0.39 is 0 Å². The second kappa shape index (κ2) is 3.35. The summed E-state index contributed by atoms with van der Waals surface area (Å²) in [5, 5.41) is 1.62. The molecule has 3 heteroatoms. The molecule has 1 nitrogen and oxygen atoms in total. The Morgan fingerprint density at radius 2 is 2.00 bits per heavy atom. The number of ketones is 1. The van der Waals surface area contributed by atoms with Gasteiger partial charge in [0.2, 0.25) is 0 Å². The van der Waals surface area contributed by atoms with Crippen LogP contribution in [-0.4, -0.2) is 16.4 Å². The Morgan fingerprint density at radius 3 is 2.20 bits per heavy atom. The van der Waals surface area contributed by atoms with E-state index in [1.807, 2.05) is 0 Å². The molecular formula is C7H10Br2O. The van der Waals surface area contributed by atoms with E-state index in [4.69, 9.17) is 0 Å². The molecule has 0 amide bonds. The van der Waals surface area contributed by atoms with Gasteiger partial charge in [-0.1, -0.05) is 31.9 Å². The molecular weight excluding hydrogens is 260 g/mol. The normalized spacial score (nSPS) is 23.6. The zero-order chi connectivity index (χ0) is 7.61. The Bertz CT molecular complexity index is 141. The van der Waals surface area contributed by atoms with Gasteiger partial charge < -0.3 is 0 Å². The van der Waals surface area contributed by atoms with E-state index in [-0.39, 0.29) is 5.41 Å². The van der Waals surface area contributed by atoms with Crippen molar-refractivity contribution in [1.29, 1.82) is 0 Å². The van der Waals surface area contributed by atoms with Gasteiger partial charge in [0.1, 0.15) is 5.78 Å². The fourth-order valence-corrected chi connectivity index (χ4v) is 3.43. The number of hydrogen-bond donors (Lipinski definition) is 0. The minimum Gasteiger partial charge on any atom is -0.299 e. The van der Waals surface area contributed by atoms with Gasteiger partial charge in [-0.15, -0.1) is 0 Å². The topological polar surface area (TPSA) is 17.1 Å². The Balaban J connectivity index is 2.71. The van der Waals surface area contributed by atoms with Crippen molar-refractivity contribution in [3.05, 3.63) is 0 Å². The van der Waals surface area contributed by atoms with Crippen molar-refractivity contribution in [2.24, 2.45) is 5.41 Å². The smallest absolute Gasteiger partial charge is 0.140 e. The van der Waals surface area contributed by atoms with Gasteiger partial charge in [-0.05, 0) is 12.8 Å². The van der Waals surface area contributed by atoms with E-state index in [1.54, 1.807) is 0 Å². The summed E-state index contributed by atoms with van der Waals surface area (Å²) in [7, 11) is 0. The molecule has 0 aromatic heterocycles. The third-order valence-corrected chi connectivity index (χ3v) is 4.31. The SMILES string of the molecule is O=C1CCCC1(CBr)CBr. The first-order chi connectivity index (χ1) is 4.75. The second-order valence-corrected chi connectivity index (χ2v) is 3.95. The van der Waals surface area contributed by atoms with Crippen LogP contribution in [0.4, 0.5) is 0 Å². The average Bonchev–Trinajstić information content (AvgIpc) is 2.32. The number of carbonyl (C=O) groups excluding carboxylic acids is 1. The largest absolute Gasteiger partial charge is 0.299 e. The number of rotatable bonds is 2. The van der Waals surface area contributed by atoms with Crippen LogP contribution >= 0.6 is 31.9 Å². The molecule has 0 radical (unpaired) electrons. The van der Waals surface area contributed by atoms with E-state index in [0.29, 0.717) is 5.78 Å². The fourth-order valence-electron chi connectivity index (χ4n) is 1.31. The van der Waals surface area contributed by atoms with Gasteiger partial charge >= 0.3 is 0 Å². The Kier molecular flexibility index (Phi) is 2.92. The zero-order valence-corrected chi connectivity index (χ0v) is 8.87. The maximum atomic E-state index is 11.3. The molecule has 1 aliphatic rings. The molecule has 0 saturated heterocycles. The van der Waals surface area contributed by atoms with Crippen LogP contribution in [0, 0.1) is 5.41 Å². The Labute approximate surface area is 77.8 Å². The summed E-state index contributed by atoms with van der Waals surface area (Å²) in [6, 6.07) is 0. The highest BCUT2D eigenvalue weighted by molar-refractivity contribution is 9.09. The fraction of sp³-hybridized carbons (Fsp3) is 0.857. The molecule has 0 unspecified atom stereocenters. The van der Waals surface area contributed by atoms with Crippen LogP contribution in [0.25, 0.3) is 0 Å². The van der Waals surface area contributed by atoms with Crippen LogP contribution in [0.2, 0.25) is 0 Å². The molecule has 0 spiro atoms. The summed E-state index contributed by atoms with van der Waals surface area (Å²) in [5.41, 5.74) is -0.0694. The van der Waals surface area contributed by atoms with Crippen LogP contribution in [0.15, 0.2) is 0 Å². The molecule has 1 saturated carbocycles. The molecule has 0 heterocycles. The number of Topliss-reactive ketones (excluding diaryl/α,β-unsaturated/α-hetero) is 1. The minimum absolute atomic E-state index is 0.0694. The van der Waals surface area contributed by atoms with Crippen LogP contribution in [0.5, 0.6) is 0 Å². The van der Waals surface area contributed by atoms with Gasteiger partial charge in [0.15, 0.2) is 0 Å². The summed E-state index contributed by atoms with van der Waals surface area (Å²) in [4.78, 5) is 11.3. The average molecular weight is 270 g/mol. The van der Waals surface area contributed by atoms with Gasteiger partial charge in [-0.2, -0.15) is 0 Å². The number of halogens is 2. The van der Waals surface area contributed by atoms with Crippen LogP contribution in [0.3, 0.4) is 0 Å². The number of alkyl halides is 2. The monoisotopic (exact) mass is 268 g/mol. The second-order valence-electron chi connectivity index (χ2n) is 2.82. The van der Waals surface area contributed by atoms with Gasteiger partial charge in [0.25, 0.3) is 0 Å². The van der Waals surface area contributed by atoms with Gasteiger partial charge in [-0.3, -0.25) is 4.79 Å². The first-order valence-electron chi connectivity index (χ1n) is 3.40. The molecule has 0 N–H and O–H groups in total. The molecule has 1 fully saturated rings. The zero-order valence-electron chi connectivity index (χ0n) is 5.70. The van der Waals surface area contributed by atoms with Crippen molar-refractivity contribution in [3.63, 3.8) is 0 Å². The molecule has 0 aliphatic heterocycles. The molecule has 1 aliphatic carbocycles. The van der Waals surface area contributed by atoms with Crippen molar-refractivity contribution in [1.82, 2.24) is 0 Å². The summed E-state index contributed by atoms with van der Waals surface area (Å²) < 4.78 is 0. The maximum Gasteiger partial charge on any atom is 0.140 e. The lowest BCUT2D eigenvalue weighted by Crippen LogP contribution is -2.29. The standard InChI is InChI=1S/C7H10Br2O/c8-4-7(5-9)3-1-2-6(7)10/h1-5H2. The molecule has 0 bridgehead atoms. The van der Waals surface area contributed by atoms with Crippen molar-refractivity contribution in [2.75, 3.05) is 10.7 Å². The molecule has 1 rings (SSSR count). The number of carbonyl (C=O) groups is 1.